The van der Waals surface area contributed by atoms with Gasteiger partial charge < -0.3 is 0 Å². The van der Waals surface area contributed by atoms with E-state index < -0.39 is 5.92 Å². The fourth-order valence-electron chi connectivity index (χ4n) is 2.02. The fourth-order valence-corrected chi connectivity index (χ4v) is 2.44. The minimum absolute atomic E-state index is 0.0395. The third-order valence-electron chi connectivity index (χ3n) is 2.85. The molecular formula is C9H12BrF2N3. The van der Waals surface area contributed by atoms with E-state index in [2.05, 4.69) is 26.0 Å². The van der Waals surface area contributed by atoms with Crippen molar-refractivity contribution in [3.63, 3.8) is 0 Å². The topological polar surface area (TPSA) is 30.7 Å². The number of aryl methyl sites for hydroxylation is 1. The maximum atomic E-state index is 12.9. The zero-order valence-corrected chi connectivity index (χ0v) is 9.97. The first kappa shape index (κ1) is 11.0. The Balaban J connectivity index is 2.11. The second kappa shape index (κ2) is 3.81. The van der Waals surface area contributed by atoms with E-state index in [-0.39, 0.29) is 18.8 Å². The normalized spacial score (nSPS) is 21.9. The summed E-state index contributed by atoms with van der Waals surface area (Å²) >= 11 is 3.18. The molecule has 6 heteroatoms. The molecule has 84 valence electrons. The molecule has 0 radical (unpaired) electrons. The second-order valence-electron chi connectivity index (χ2n) is 3.99. The van der Waals surface area contributed by atoms with Crippen LogP contribution in [-0.4, -0.2) is 20.7 Å². The van der Waals surface area contributed by atoms with E-state index in [0.29, 0.717) is 17.6 Å². The van der Waals surface area contributed by atoms with E-state index >= 15 is 0 Å². The molecule has 1 heterocycles. The summed E-state index contributed by atoms with van der Waals surface area (Å²) < 4.78 is 28.1. The van der Waals surface area contributed by atoms with Crippen molar-refractivity contribution in [2.75, 3.05) is 0 Å². The molecule has 0 N–H and O–H groups in total. The standard InChI is InChI=1S/C9H12BrF2N3/c1-15-7(13-8(10)14-15)6-2-4-9(11,12)5-3-6/h6H,2-5H2,1H3. The van der Waals surface area contributed by atoms with Crippen LogP contribution in [0, 0.1) is 0 Å². The molecule has 1 aliphatic rings. The van der Waals surface area contributed by atoms with Crippen LogP contribution in [-0.2, 0) is 7.05 Å². The van der Waals surface area contributed by atoms with Gasteiger partial charge in [0, 0.05) is 25.8 Å². The van der Waals surface area contributed by atoms with Crippen LogP contribution in [0.15, 0.2) is 4.73 Å². The summed E-state index contributed by atoms with van der Waals surface area (Å²) in [7, 11) is 1.79. The minimum atomic E-state index is -2.48. The van der Waals surface area contributed by atoms with Crippen LogP contribution in [0.1, 0.15) is 37.4 Å². The van der Waals surface area contributed by atoms with Crippen molar-refractivity contribution >= 4 is 15.9 Å². The van der Waals surface area contributed by atoms with Gasteiger partial charge in [-0.15, -0.1) is 5.10 Å². The van der Waals surface area contributed by atoms with Gasteiger partial charge in [-0.05, 0) is 28.8 Å². The molecule has 1 aromatic rings. The largest absolute Gasteiger partial charge is 0.252 e. The summed E-state index contributed by atoms with van der Waals surface area (Å²) in [4.78, 5) is 4.21. The number of aromatic nitrogens is 3. The third kappa shape index (κ3) is 2.35. The summed E-state index contributed by atoms with van der Waals surface area (Å²) in [6.45, 7) is 0. The van der Waals surface area contributed by atoms with Crippen molar-refractivity contribution in [3.8, 4) is 0 Å². The molecule has 0 aromatic carbocycles. The molecule has 0 amide bonds. The zero-order valence-electron chi connectivity index (χ0n) is 8.38. The summed E-state index contributed by atoms with van der Waals surface area (Å²) in [6.07, 6.45) is 0.905. The fraction of sp³-hybridized carbons (Fsp3) is 0.778. The Morgan fingerprint density at radius 2 is 2.00 bits per heavy atom. The molecule has 0 bridgehead atoms. The number of halogens is 3. The van der Waals surface area contributed by atoms with Gasteiger partial charge >= 0.3 is 0 Å². The van der Waals surface area contributed by atoms with E-state index in [4.69, 9.17) is 0 Å². The summed E-state index contributed by atoms with van der Waals surface area (Å²) in [5.74, 6) is -1.56. The highest BCUT2D eigenvalue weighted by Gasteiger charge is 2.36. The van der Waals surface area contributed by atoms with E-state index in [9.17, 15) is 8.78 Å². The second-order valence-corrected chi connectivity index (χ2v) is 4.70. The first-order chi connectivity index (χ1) is 6.98. The Hall–Kier alpha value is -0.520. The Morgan fingerprint density at radius 3 is 2.47 bits per heavy atom. The van der Waals surface area contributed by atoms with Crippen molar-refractivity contribution in [2.45, 2.75) is 37.5 Å². The molecule has 1 saturated carbocycles. The van der Waals surface area contributed by atoms with Crippen LogP contribution in [0.5, 0.6) is 0 Å². The van der Waals surface area contributed by atoms with Gasteiger partial charge in [-0.2, -0.15) is 0 Å². The highest BCUT2D eigenvalue weighted by molar-refractivity contribution is 9.10. The van der Waals surface area contributed by atoms with Gasteiger partial charge in [0.25, 0.3) is 0 Å². The number of nitrogens with zero attached hydrogens (tertiary/aromatic N) is 3. The number of rotatable bonds is 1. The van der Waals surface area contributed by atoms with Gasteiger partial charge in [0.1, 0.15) is 5.82 Å². The Kier molecular flexibility index (Phi) is 2.79. The SMILES string of the molecule is Cn1nc(Br)nc1C1CCC(F)(F)CC1. The molecule has 15 heavy (non-hydrogen) atoms. The maximum Gasteiger partial charge on any atom is 0.248 e. The van der Waals surface area contributed by atoms with E-state index in [1.54, 1.807) is 11.7 Å². The lowest BCUT2D eigenvalue weighted by molar-refractivity contribution is -0.0390. The molecule has 3 nitrogen and oxygen atoms in total. The van der Waals surface area contributed by atoms with Gasteiger partial charge in [-0.25, -0.2) is 13.8 Å². The molecule has 0 aliphatic heterocycles. The molecule has 2 rings (SSSR count). The van der Waals surface area contributed by atoms with Gasteiger partial charge in [-0.3, -0.25) is 4.68 Å². The first-order valence-electron chi connectivity index (χ1n) is 4.92. The summed E-state index contributed by atoms with van der Waals surface area (Å²) in [5.41, 5.74) is 0. The van der Waals surface area contributed by atoms with Crippen LogP contribution < -0.4 is 0 Å². The number of hydrogen-bond acceptors (Lipinski definition) is 2. The Bertz CT molecular complexity index is 354. The lowest BCUT2D eigenvalue weighted by atomic mass is 9.86. The third-order valence-corrected chi connectivity index (χ3v) is 3.19. The average Bonchev–Trinajstić information content (AvgIpc) is 2.45. The van der Waals surface area contributed by atoms with Crippen LogP contribution in [0.2, 0.25) is 0 Å². The first-order valence-corrected chi connectivity index (χ1v) is 5.71. The molecule has 0 unspecified atom stereocenters. The molecule has 1 fully saturated rings. The monoisotopic (exact) mass is 279 g/mol. The molecule has 0 saturated heterocycles. The van der Waals surface area contributed by atoms with Crippen LogP contribution >= 0.6 is 15.9 Å². The minimum Gasteiger partial charge on any atom is -0.252 e. The highest BCUT2D eigenvalue weighted by Crippen LogP contribution is 2.40. The van der Waals surface area contributed by atoms with Crippen molar-refractivity contribution in [3.05, 3.63) is 10.6 Å². The van der Waals surface area contributed by atoms with E-state index in [1.807, 2.05) is 0 Å². The lowest BCUT2D eigenvalue weighted by Gasteiger charge is -2.27. The quantitative estimate of drug-likeness (QED) is 0.792. The van der Waals surface area contributed by atoms with Crippen LogP contribution in [0.4, 0.5) is 8.78 Å². The molecule has 0 spiro atoms. The van der Waals surface area contributed by atoms with Crippen molar-refractivity contribution in [1.82, 2.24) is 14.8 Å². The molecular weight excluding hydrogens is 268 g/mol. The number of hydrogen-bond donors (Lipinski definition) is 0. The zero-order chi connectivity index (χ0) is 11.1. The summed E-state index contributed by atoms with van der Waals surface area (Å²) in [5, 5.41) is 4.06. The molecule has 1 aromatic heterocycles. The van der Waals surface area contributed by atoms with Crippen molar-refractivity contribution in [1.29, 1.82) is 0 Å². The number of alkyl halides is 2. The van der Waals surface area contributed by atoms with Crippen LogP contribution in [0.3, 0.4) is 0 Å². The predicted octanol–water partition coefficient (Wildman–Crippen LogP) is 2.87. The van der Waals surface area contributed by atoms with Crippen LogP contribution in [0.25, 0.3) is 0 Å². The highest BCUT2D eigenvalue weighted by atomic mass is 79.9. The average molecular weight is 280 g/mol. The Labute approximate surface area is 95.0 Å². The smallest absolute Gasteiger partial charge is 0.248 e. The van der Waals surface area contributed by atoms with Crippen molar-refractivity contribution < 1.29 is 8.78 Å². The van der Waals surface area contributed by atoms with E-state index in [1.165, 1.54) is 0 Å². The summed E-state index contributed by atoms with van der Waals surface area (Å²) in [6, 6.07) is 0. The molecule has 1 aliphatic carbocycles. The van der Waals surface area contributed by atoms with E-state index in [0.717, 1.165) is 5.82 Å². The lowest BCUT2D eigenvalue weighted by Crippen LogP contribution is -2.25. The molecule has 0 atom stereocenters. The van der Waals surface area contributed by atoms with Crippen molar-refractivity contribution in [2.24, 2.45) is 7.05 Å². The maximum absolute atomic E-state index is 12.9. The predicted molar refractivity (Wildman–Crippen MR) is 54.9 cm³/mol. The van der Waals surface area contributed by atoms with Gasteiger partial charge in [0.15, 0.2) is 0 Å². The Morgan fingerprint density at radius 1 is 1.40 bits per heavy atom. The van der Waals surface area contributed by atoms with Gasteiger partial charge in [-0.1, -0.05) is 0 Å². The van der Waals surface area contributed by atoms with Gasteiger partial charge in [0.05, 0.1) is 0 Å². The van der Waals surface area contributed by atoms with Gasteiger partial charge in [0.2, 0.25) is 10.7 Å².